The highest BCUT2D eigenvalue weighted by molar-refractivity contribution is 6.39. The van der Waals surface area contributed by atoms with Gasteiger partial charge in [-0.15, -0.1) is 0 Å². The van der Waals surface area contributed by atoms with E-state index < -0.39 is 11.8 Å². The van der Waals surface area contributed by atoms with E-state index in [1.165, 1.54) is 0 Å². The smallest absolute Gasteiger partial charge is 0.376 e. The maximum Gasteiger partial charge on any atom is 0.376 e. The van der Waals surface area contributed by atoms with E-state index in [0.717, 1.165) is 12.8 Å². The van der Waals surface area contributed by atoms with E-state index in [1.54, 1.807) is 13.0 Å². The summed E-state index contributed by atoms with van der Waals surface area (Å²) in [4.78, 5) is 21.2. The van der Waals surface area contributed by atoms with Gasteiger partial charge in [0.1, 0.15) is 0 Å². The van der Waals surface area contributed by atoms with Crippen LogP contribution in [0.15, 0.2) is 11.6 Å². The van der Waals surface area contributed by atoms with Crippen molar-refractivity contribution in [2.75, 3.05) is 0 Å². The number of carboxylic acid groups (broad SMARTS) is 1. The highest BCUT2D eigenvalue weighted by atomic mass is 16.4. The lowest BCUT2D eigenvalue weighted by atomic mass is 10.1. The standard InChI is InChI=1S/C9H14O3/c1-3-5-6-7(4-2)8(10)9(11)12/h6H,3-5H2,1-2H3,(H,11,12)/b7-6+. The molecule has 0 saturated carbocycles. The molecular weight excluding hydrogens is 156 g/mol. The van der Waals surface area contributed by atoms with E-state index >= 15 is 0 Å². The molecule has 0 aromatic rings. The molecule has 0 unspecified atom stereocenters. The Morgan fingerprint density at radius 3 is 2.25 bits per heavy atom. The molecule has 0 aliphatic heterocycles. The van der Waals surface area contributed by atoms with Crippen LogP contribution >= 0.6 is 0 Å². The first-order valence-electron chi connectivity index (χ1n) is 4.10. The number of allylic oxidation sites excluding steroid dienone is 1. The zero-order valence-electron chi connectivity index (χ0n) is 7.46. The summed E-state index contributed by atoms with van der Waals surface area (Å²) >= 11 is 0. The molecule has 3 nitrogen and oxygen atoms in total. The molecule has 0 bridgehead atoms. The Labute approximate surface area is 72.1 Å². The van der Waals surface area contributed by atoms with Crippen LogP contribution in [-0.4, -0.2) is 16.9 Å². The first-order valence-corrected chi connectivity index (χ1v) is 4.10. The van der Waals surface area contributed by atoms with Gasteiger partial charge < -0.3 is 5.11 Å². The van der Waals surface area contributed by atoms with Crippen molar-refractivity contribution in [3.63, 3.8) is 0 Å². The van der Waals surface area contributed by atoms with Crippen LogP contribution in [-0.2, 0) is 9.59 Å². The first-order chi connectivity index (χ1) is 5.63. The molecule has 0 amide bonds. The van der Waals surface area contributed by atoms with Crippen LogP contribution in [0.25, 0.3) is 0 Å². The minimum atomic E-state index is -1.36. The fraction of sp³-hybridized carbons (Fsp3) is 0.556. The van der Waals surface area contributed by atoms with Gasteiger partial charge in [-0.2, -0.15) is 0 Å². The lowest BCUT2D eigenvalue weighted by Gasteiger charge is -1.97. The fourth-order valence-corrected chi connectivity index (χ4v) is 0.854. The van der Waals surface area contributed by atoms with Crippen LogP contribution in [0.3, 0.4) is 0 Å². The molecule has 0 atom stereocenters. The van der Waals surface area contributed by atoms with Crippen LogP contribution in [0.5, 0.6) is 0 Å². The Bertz CT molecular complexity index is 204. The summed E-state index contributed by atoms with van der Waals surface area (Å²) in [5.41, 5.74) is 0.407. The SMILES string of the molecule is CCC/C=C(\CC)C(=O)C(=O)O. The molecule has 0 aromatic carbocycles. The number of carbonyl (C=O) groups is 2. The molecule has 0 rings (SSSR count). The minimum absolute atomic E-state index is 0.407. The zero-order chi connectivity index (χ0) is 9.56. The number of aliphatic carboxylic acids is 1. The molecular formula is C9H14O3. The maximum absolute atomic E-state index is 10.9. The average Bonchev–Trinajstić information content (AvgIpc) is 2.05. The molecule has 1 N–H and O–H groups in total. The molecule has 68 valence electrons. The number of Topliss-reactive ketones (excluding diaryl/α,β-unsaturated/α-hetero) is 1. The van der Waals surface area contributed by atoms with Gasteiger partial charge in [-0.05, 0) is 12.8 Å². The number of carbonyl (C=O) groups excluding carboxylic acids is 1. The Morgan fingerprint density at radius 2 is 1.92 bits per heavy atom. The number of unbranched alkanes of at least 4 members (excludes halogenated alkanes) is 1. The third-order valence-electron chi connectivity index (χ3n) is 1.55. The predicted octanol–water partition coefficient (Wildman–Crippen LogP) is 1.78. The lowest BCUT2D eigenvalue weighted by Crippen LogP contribution is -2.14. The second-order valence-corrected chi connectivity index (χ2v) is 2.51. The van der Waals surface area contributed by atoms with Crippen molar-refractivity contribution >= 4 is 11.8 Å². The fourth-order valence-electron chi connectivity index (χ4n) is 0.854. The number of hydrogen-bond acceptors (Lipinski definition) is 2. The van der Waals surface area contributed by atoms with E-state index in [0.29, 0.717) is 12.0 Å². The molecule has 0 aromatic heterocycles. The summed E-state index contributed by atoms with van der Waals surface area (Å²) < 4.78 is 0. The van der Waals surface area contributed by atoms with Gasteiger partial charge in [0.2, 0.25) is 0 Å². The molecule has 0 fully saturated rings. The molecule has 3 heteroatoms. The van der Waals surface area contributed by atoms with Gasteiger partial charge in [-0.1, -0.05) is 26.3 Å². The van der Waals surface area contributed by atoms with Crippen LogP contribution in [0.4, 0.5) is 0 Å². The highest BCUT2D eigenvalue weighted by Gasteiger charge is 2.14. The van der Waals surface area contributed by atoms with Gasteiger partial charge in [-0.3, -0.25) is 4.79 Å². The Balaban J connectivity index is 4.34. The van der Waals surface area contributed by atoms with E-state index in [4.69, 9.17) is 5.11 Å². The van der Waals surface area contributed by atoms with Crippen molar-refractivity contribution in [2.45, 2.75) is 33.1 Å². The van der Waals surface area contributed by atoms with Gasteiger partial charge in [-0.25, -0.2) is 4.79 Å². The predicted molar refractivity (Wildman–Crippen MR) is 45.9 cm³/mol. The second-order valence-electron chi connectivity index (χ2n) is 2.51. The maximum atomic E-state index is 10.9. The van der Waals surface area contributed by atoms with E-state index in [2.05, 4.69) is 0 Å². The van der Waals surface area contributed by atoms with Gasteiger partial charge in [0, 0.05) is 5.57 Å². The Kier molecular flexibility index (Phi) is 5.00. The first kappa shape index (κ1) is 10.9. The van der Waals surface area contributed by atoms with Crippen molar-refractivity contribution in [2.24, 2.45) is 0 Å². The Morgan fingerprint density at radius 1 is 1.33 bits per heavy atom. The zero-order valence-corrected chi connectivity index (χ0v) is 7.46. The second kappa shape index (κ2) is 5.52. The number of hydrogen-bond donors (Lipinski definition) is 1. The van der Waals surface area contributed by atoms with Crippen molar-refractivity contribution < 1.29 is 14.7 Å². The van der Waals surface area contributed by atoms with Crippen LogP contribution in [0.2, 0.25) is 0 Å². The van der Waals surface area contributed by atoms with Crippen molar-refractivity contribution in [3.8, 4) is 0 Å². The number of carboxylic acids is 1. The van der Waals surface area contributed by atoms with Crippen molar-refractivity contribution in [1.29, 1.82) is 0 Å². The summed E-state index contributed by atoms with van der Waals surface area (Å²) in [6.45, 7) is 3.76. The van der Waals surface area contributed by atoms with E-state index in [-0.39, 0.29) is 0 Å². The van der Waals surface area contributed by atoms with Gasteiger partial charge in [0.25, 0.3) is 5.78 Å². The average molecular weight is 170 g/mol. The Hall–Kier alpha value is -1.12. The minimum Gasteiger partial charge on any atom is -0.475 e. The van der Waals surface area contributed by atoms with Crippen LogP contribution < -0.4 is 0 Å². The number of rotatable bonds is 5. The van der Waals surface area contributed by atoms with Gasteiger partial charge in [0.05, 0.1) is 0 Å². The number of ketones is 1. The third-order valence-corrected chi connectivity index (χ3v) is 1.55. The molecule has 0 radical (unpaired) electrons. The van der Waals surface area contributed by atoms with Crippen molar-refractivity contribution in [1.82, 2.24) is 0 Å². The summed E-state index contributed by atoms with van der Waals surface area (Å²) in [7, 11) is 0. The molecule has 0 aliphatic carbocycles. The van der Waals surface area contributed by atoms with Gasteiger partial charge in [0.15, 0.2) is 0 Å². The quantitative estimate of drug-likeness (QED) is 0.505. The normalized spacial score (nSPS) is 11.3. The topological polar surface area (TPSA) is 54.4 Å². The van der Waals surface area contributed by atoms with E-state index in [1.807, 2.05) is 6.92 Å². The largest absolute Gasteiger partial charge is 0.475 e. The molecule has 0 spiro atoms. The summed E-state index contributed by atoms with van der Waals surface area (Å²) in [6, 6.07) is 0. The van der Waals surface area contributed by atoms with Crippen LogP contribution in [0.1, 0.15) is 33.1 Å². The van der Waals surface area contributed by atoms with Gasteiger partial charge >= 0.3 is 5.97 Å². The monoisotopic (exact) mass is 170 g/mol. The molecule has 0 heterocycles. The molecule has 12 heavy (non-hydrogen) atoms. The third kappa shape index (κ3) is 3.32. The van der Waals surface area contributed by atoms with E-state index in [9.17, 15) is 9.59 Å². The lowest BCUT2D eigenvalue weighted by molar-refractivity contribution is -0.147. The van der Waals surface area contributed by atoms with Crippen molar-refractivity contribution in [3.05, 3.63) is 11.6 Å². The van der Waals surface area contributed by atoms with Crippen LogP contribution in [0, 0.1) is 0 Å². The highest BCUT2D eigenvalue weighted by Crippen LogP contribution is 2.05. The molecule has 0 saturated heterocycles. The molecule has 0 aliphatic rings. The summed E-state index contributed by atoms with van der Waals surface area (Å²) in [5.74, 6) is -2.13. The summed E-state index contributed by atoms with van der Waals surface area (Å²) in [6.07, 6.45) is 3.89. The summed E-state index contributed by atoms with van der Waals surface area (Å²) in [5, 5.41) is 8.39.